The highest BCUT2D eigenvalue weighted by Gasteiger charge is 2.25. The van der Waals surface area contributed by atoms with Crippen LogP contribution in [0.5, 0.6) is 11.6 Å². The zero-order valence-corrected chi connectivity index (χ0v) is 19.2. The normalized spacial score (nSPS) is 12.5. The molecule has 0 radical (unpaired) electrons. The van der Waals surface area contributed by atoms with Crippen LogP contribution in [0.25, 0.3) is 11.3 Å². The molecule has 7 heteroatoms. The van der Waals surface area contributed by atoms with E-state index in [4.69, 9.17) is 14.6 Å². The van der Waals surface area contributed by atoms with E-state index < -0.39 is 11.9 Å². The van der Waals surface area contributed by atoms with E-state index in [1.807, 2.05) is 37.3 Å². The average molecular weight is 442 g/mol. The molecule has 3 aromatic rings. The summed E-state index contributed by atoms with van der Waals surface area (Å²) in [4.78, 5) is 2.14. The van der Waals surface area contributed by atoms with Gasteiger partial charge in [0.1, 0.15) is 5.69 Å². The van der Waals surface area contributed by atoms with Gasteiger partial charge in [-0.3, -0.25) is 4.90 Å². The Hall–Kier alpha value is -2.74. The first-order valence-corrected chi connectivity index (χ1v) is 10.9. The maximum Gasteiger partial charge on any atom is 0.222 e. The first-order valence-electron chi connectivity index (χ1n) is 10.9. The Morgan fingerprint density at radius 3 is 2.44 bits per heavy atom. The van der Waals surface area contributed by atoms with Crippen LogP contribution in [0.3, 0.4) is 0 Å². The molecule has 1 N–H and O–H groups in total. The number of hydrogen-bond acceptors (Lipinski definition) is 5. The standard InChI is InChI=1S/C25H32FN3O3/c1-5-31-17-20(30)15-29(18(2)3)16-21-24(19-11-7-6-8-12-19)27-28(4)25(21)32-23-14-10-9-13-22(23)26/h6-14,18,20,30H,5,15-17H2,1-4H3/t20-/m1/s1. The largest absolute Gasteiger partial charge is 0.436 e. The summed E-state index contributed by atoms with van der Waals surface area (Å²) >= 11 is 0. The molecule has 172 valence electrons. The van der Waals surface area contributed by atoms with Crippen LogP contribution in [0.1, 0.15) is 26.3 Å². The predicted molar refractivity (Wildman–Crippen MR) is 123 cm³/mol. The molecule has 3 rings (SSSR count). The van der Waals surface area contributed by atoms with Crippen molar-refractivity contribution in [2.45, 2.75) is 39.5 Å². The van der Waals surface area contributed by atoms with Gasteiger partial charge in [-0.05, 0) is 32.9 Å². The van der Waals surface area contributed by atoms with E-state index in [0.717, 1.165) is 16.8 Å². The molecule has 2 aromatic carbocycles. The Morgan fingerprint density at radius 1 is 1.09 bits per heavy atom. The molecular formula is C25H32FN3O3. The Balaban J connectivity index is 1.99. The number of benzene rings is 2. The van der Waals surface area contributed by atoms with Crippen molar-refractivity contribution in [1.82, 2.24) is 14.7 Å². The minimum Gasteiger partial charge on any atom is -0.436 e. The Kier molecular flexibility index (Phi) is 8.39. The number of aliphatic hydroxyl groups excluding tert-OH is 1. The van der Waals surface area contributed by atoms with Crippen LogP contribution in [-0.2, 0) is 18.3 Å². The number of hydrogen-bond donors (Lipinski definition) is 1. The molecule has 1 atom stereocenters. The van der Waals surface area contributed by atoms with Gasteiger partial charge in [0.15, 0.2) is 11.6 Å². The minimum atomic E-state index is -0.620. The first-order chi connectivity index (χ1) is 15.4. The van der Waals surface area contributed by atoms with Crippen molar-refractivity contribution >= 4 is 0 Å². The van der Waals surface area contributed by atoms with Crippen molar-refractivity contribution in [3.63, 3.8) is 0 Å². The number of aromatic nitrogens is 2. The summed E-state index contributed by atoms with van der Waals surface area (Å²) in [5, 5.41) is 15.1. The van der Waals surface area contributed by atoms with Crippen molar-refractivity contribution < 1.29 is 19.0 Å². The van der Waals surface area contributed by atoms with Gasteiger partial charge < -0.3 is 14.6 Å². The predicted octanol–water partition coefficient (Wildman–Crippen LogP) is 4.63. The fourth-order valence-electron chi connectivity index (χ4n) is 3.52. The second kappa shape index (κ2) is 11.2. The summed E-state index contributed by atoms with van der Waals surface area (Å²) < 4.78 is 27.4. The van der Waals surface area contributed by atoms with Gasteiger partial charge in [0.25, 0.3) is 0 Å². The van der Waals surface area contributed by atoms with Gasteiger partial charge in [0.05, 0.1) is 18.3 Å². The monoisotopic (exact) mass is 441 g/mol. The molecule has 6 nitrogen and oxygen atoms in total. The summed E-state index contributed by atoms with van der Waals surface area (Å²) in [5.41, 5.74) is 2.55. The minimum absolute atomic E-state index is 0.142. The molecule has 1 aromatic heterocycles. The molecule has 0 bridgehead atoms. The van der Waals surface area contributed by atoms with E-state index in [1.54, 1.807) is 29.9 Å². The lowest BCUT2D eigenvalue weighted by Crippen LogP contribution is -2.39. The molecule has 32 heavy (non-hydrogen) atoms. The van der Waals surface area contributed by atoms with Crippen LogP contribution < -0.4 is 4.74 Å². The van der Waals surface area contributed by atoms with E-state index in [0.29, 0.717) is 25.6 Å². The van der Waals surface area contributed by atoms with Crippen LogP contribution in [0.2, 0.25) is 0 Å². The van der Waals surface area contributed by atoms with E-state index in [-0.39, 0.29) is 18.4 Å². The molecule has 0 unspecified atom stereocenters. The van der Waals surface area contributed by atoms with Gasteiger partial charge in [-0.2, -0.15) is 5.10 Å². The van der Waals surface area contributed by atoms with Crippen molar-refractivity contribution in [3.8, 4) is 22.9 Å². The molecule has 1 heterocycles. The van der Waals surface area contributed by atoms with Crippen LogP contribution in [0.4, 0.5) is 4.39 Å². The Morgan fingerprint density at radius 2 is 1.78 bits per heavy atom. The lowest BCUT2D eigenvalue weighted by molar-refractivity contribution is 0.0132. The number of rotatable bonds is 11. The maximum absolute atomic E-state index is 14.3. The van der Waals surface area contributed by atoms with E-state index in [2.05, 4.69) is 18.7 Å². The first kappa shape index (κ1) is 23.9. The van der Waals surface area contributed by atoms with Gasteiger partial charge in [-0.1, -0.05) is 42.5 Å². The third-order valence-corrected chi connectivity index (χ3v) is 5.23. The summed E-state index contributed by atoms with van der Waals surface area (Å²) in [5.74, 6) is 0.177. The molecule has 0 spiro atoms. The summed E-state index contributed by atoms with van der Waals surface area (Å²) in [6, 6.07) is 16.3. The highest BCUT2D eigenvalue weighted by molar-refractivity contribution is 5.65. The fraction of sp³-hybridized carbons (Fsp3) is 0.400. The summed E-state index contributed by atoms with van der Waals surface area (Å²) in [7, 11) is 1.79. The number of nitrogens with zero attached hydrogens (tertiary/aromatic N) is 3. The molecule has 0 aliphatic carbocycles. The number of ether oxygens (including phenoxy) is 2. The Labute approximate surface area is 189 Å². The molecule has 0 saturated heterocycles. The zero-order valence-electron chi connectivity index (χ0n) is 19.2. The number of aliphatic hydroxyl groups is 1. The van der Waals surface area contributed by atoms with E-state index in [1.165, 1.54) is 6.07 Å². The number of aryl methyl sites for hydroxylation is 1. The molecule has 0 aliphatic heterocycles. The van der Waals surface area contributed by atoms with Crippen molar-refractivity contribution in [3.05, 3.63) is 66.0 Å². The van der Waals surface area contributed by atoms with E-state index >= 15 is 0 Å². The number of halogens is 1. The van der Waals surface area contributed by atoms with E-state index in [9.17, 15) is 9.50 Å². The van der Waals surface area contributed by atoms with Crippen LogP contribution in [0, 0.1) is 5.82 Å². The van der Waals surface area contributed by atoms with Crippen LogP contribution in [0.15, 0.2) is 54.6 Å². The summed E-state index contributed by atoms with van der Waals surface area (Å²) in [6.45, 7) is 7.79. The molecule has 0 fully saturated rings. The average Bonchev–Trinajstić information content (AvgIpc) is 3.09. The third-order valence-electron chi connectivity index (χ3n) is 5.23. The second-order valence-corrected chi connectivity index (χ2v) is 7.99. The molecule has 0 saturated carbocycles. The SMILES string of the molecule is CCOC[C@H](O)CN(Cc1c(-c2ccccc2)nn(C)c1Oc1ccccc1F)C(C)C. The lowest BCUT2D eigenvalue weighted by atomic mass is 10.1. The zero-order chi connectivity index (χ0) is 23.1. The molecular weight excluding hydrogens is 409 g/mol. The number of para-hydroxylation sites is 1. The second-order valence-electron chi connectivity index (χ2n) is 7.99. The van der Waals surface area contributed by atoms with Crippen molar-refractivity contribution in [2.75, 3.05) is 19.8 Å². The molecule has 0 amide bonds. The van der Waals surface area contributed by atoms with Crippen LogP contribution >= 0.6 is 0 Å². The van der Waals surface area contributed by atoms with Crippen molar-refractivity contribution in [1.29, 1.82) is 0 Å². The fourth-order valence-corrected chi connectivity index (χ4v) is 3.52. The lowest BCUT2D eigenvalue weighted by Gasteiger charge is -2.29. The Bertz CT molecular complexity index is 991. The highest BCUT2D eigenvalue weighted by Crippen LogP contribution is 2.35. The quantitative estimate of drug-likeness (QED) is 0.470. The molecule has 0 aliphatic rings. The summed E-state index contributed by atoms with van der Waals surface area (Å²) in [6.07, 6.45) is -0.620. The van der Waals surface area contributed by atoms with Crippen LogP contribution in [-0.4, -0.2) is 51.7 Å². The maximum atomic E-state index is 14.3. The topological polar surface area (TPSA) is 59.8 Å². The van der Waals surface area contributed by atoms with Gasteiger partial charge in [-0.25, -0.2) is 9.07 Å². The smallest absolute Gasteiger partial charge is 0.222 e. The van der Waals surface area contributed by atoms with Gasteiger partial charge in [-0.15, -0.1) is 0 Å². The third kappa shape index (κ3) is 5.94. The van der Waals surface area contributed by atoms with Gasteiger partial charge >= 0.3 is 0 Å². The van der Waals surface area contributed by atoms with Gasteiger partial charge in [0, 0.05) is 38.3 Å². The van der Waals surface area contributed by atoms with Crippen molar-refractivity contribution in [2.24, 2.45) is 7.05 Å². The highest BCUT2D eigenvalue weighted by atomic mass is 19.1. The van der Waals surface area contributed by atoms with Gasteiger partial charge in [0.2, 0.25) is 5.88 Å².